The molecule has 1 aromatic carbocycles. The van der Waals surface area contributed by atoms with Gasteiger partial charge in [-0.05, 0) is 59.2 Å². The van der Waals surface area contributed by atoms with Crippen LogP contribution in [0.3, 0.4) is 0 Å². The van der Waals surface area contributed by atoms with E-state index < -0.39 is 0 Å². The summed E-state index contributed by atoms with van der Waals surface area (Å²) in [5.74, 6) is 0. The predicted molar refractivity (Wildman–Crippen MR) is 79.9 cm³/mol. The van der Waals surface area contributed by atoms with E-state index in [1.807, 2.05) is 0 Å². The van der Waals surface area contributed by atoms with Crippen LogP contribution in [0.4, 0.5) is 0 Å². The number of nitrogens with two attached hydrogens (primary N) is 1. The zero-order chi connectivity index (χ0) is 13.6. The third-order valence-electron chi connectivity index (χ3n) is 3.23. The van der Waals surface area contributed by atoms with Crippen LogP contribution in [0.15, 0.2) is 24.3 Å². The molecule has 2 nitrogen and oxygen atoms in total. The molecule has 0 amide bonds. The third-order valence-corrected chi connectivity index (χ3v) is 3.23. The van der Waals surface area contributed by atoms with Gasteiger partial charge in [-0.2, -0.15) is 0 Å². The van der Waals surface area contributed by atoms with E-state index in [2.05, 4.69) is 57.0 Å². The van der Waals surface area contributed by atoms with Gasteiger partial charge in [0.05, 0.1) is 0 Å². The number of rotatable bonds is 7. The molecule has 2 N–H and O–H groups in total. The Labute approximate surface area is 112 Å². The van der Waals surface area contributed by atoms with Crippen molar-refractivity contribution in [3.63, 3.8) is 0 Å². The molecule has 0 unspecified atom stereocenters. The minimum absolute atomic E-state index is 0.0304. The molecule has 0 aromatic heterocycles. The Morgan fingerprint density at radius 1 is 1.22 bits per heavy atom. The van der Waals surface area contributed by atoms with E-state index >= 15 is 0 Å². The van der Waals surface area contributed by atoms with Crippen LogP contribution in [0.1, 0.15) is 37.8 Å². The Balaban J connectivity index is 2.23. The van der Waals surface area contributed by atoms with Gasteiger partial charge in [0.2, 0.25) is 0 Å². The summed E-state index contributed by atoms with van der Waals surface area (Å²) in [7, 11) is 2.19. The molecule has 2 heteroatoms. The number of hydrogen-bond acceptors (Lipinski definition) is 2. The monoisotopic (exact) mass is 248 g/mol. The van der Waals surface area contributed by atoms with Crippen molar-refractivity contribution in [1.29, 1.82) is 0 Å². The average Bonchev–Trinajstić information content (AvgIpc) is 2.25. The second kappa shape index (κ2) is 6.91. The van der Waals surface area contributed by atoms with E-state index in [9.17, 15) is 0 Å². The fraction of sp³-hybridized carbons (Fsp3) is 0.625. The standard InChI is InChI=1S/C16H28N2/c1-14-7-5-8-15(13-14)9-12-18(4)11-6-10-16(2,3)17/h5,7-8,13H,6,9-12,17H2,1-4H3. The lowest BCUT2D eigenvalue weighted by Crippen LogP contribution is -2.33. The maximum absolute atomic E-state index is 5.98. The summed E-state index contributed by atoms with van der Waals surface area (Å²) in [6.07, 6.45) is 3.39. The van der Waals surface area contributed by atoms with Gasteiger partial charge < -0.3 is 10.6 Å². The molecule has 0 radical (unpaired) electrons. The summed E-state index contributed by atoms with van der Waals surface area (Å²) in [6, 6.07) is 8.78. The minimum Gasteiger partial charge on any atom is -0.326 e. The van der Waals surface area contributed by atoms with E-state index in [1.54, 1.807) is 0 Å². The molecule has 102 valence electrons. The van der Waals surface area contributed by atoms with Crippen LogP contribution in [0.5, 0.6) is 0 Å². The molecule has 0 aliphatic heterocycles. The fourth-order valence-electron chi connectivity index (χ4n) is 2.10. The zero-order valence-corrected chi connectivity index (χ0v) is 12.4. The SMILES string of the molecule is Cc1cccc(CCN(C)CCCC(C)(C)N)c1. The van der Waals surface area contributed by atoms with Crippen LogP contribution in [0.25, 0.3) is 0 Å². The van der Waals surface area contributed by atoms with Crippen molar-refractivity contribution in [2.45, 2.75) is 45.6 Å². The first-order valence-electron chi connectivity index (χ1n) is 6.90. The number of nitrogens with zero attached hydrogens (tertiary/aromatic N) is 1. The first-order chi connectivity index (χ1) is 8.37. The van der Waals surface area contributed by atoms with Gasteiger partial charge >= 0.3 is 0 Å². The molecule has 1 aromatic rings. The van der Waals surface area contributed by atoms with Gasteiger partial charge in [0.1, 0.15) is 0 Å². The molecular weight excluding hydrogens is 220 g/mol. The summed E-state index contributed by atoms with van der Waals surface area (Å²) < 4.78 is 0. The number of hydrogen-bond donors (Lipinski definition) is 1. The maximum atomic E-state index is 5.98. The topological polar surface area (TPSA) is 29.3 Å². The van der Waals surface area contributed by atoms with Crippen molar-refractivity contribution in [3.8, 4) is 0 Å². The van der Waals surface area contributed by atoms with Crippen molar-refractivity contribution in [2.24, 2.45) is 5.73 Å². The van der Waals surface area contributed by atoms with Gasteiger partial charge in [-0.25, -0.2) is 0 Å². The second-order valence-corrected chi connectivity index (χ2v) is 6.13. The molecular formula is C16H28N2. The van der Waals surface area contributed by atoms with Gasteiger partial charge in [0.15, 0.2) is 0 Å². The van der Waals surface area contributed by atoms with Gasteiger partial charge in [0.25, 0.3) is 0 Å². The molecule has 18 heavy (non-hydrogen) atoms. The highest BCUT2D eigenvalue weighted by Gasteiger charge is 2.10. The Morgan fingerprint density at radius 2 is 1.94 bits per heavy atom. The number of likely N-dealkylation sites (N-methyl/N-ethyl adjacent to an activating group) is 1. The molecule has 0 saturated carbocycles. The minimum atomic E-state index is -0.0304. The number of aryl methyl sites for hydroxylation is 1. The second-order valence-electron chi connectivity index (χ2n) is 6.13. The molecule has 0 saturated heterocycles. The van der Waals surface area contributed by atoms with E-state index in [0.29, 0.717) is 0 Å². The Morgan fingerprint density at radius 3 is 2.56 bits per heavy atom. The summed E-state index contributed by atoms with van der Waals surface area (Å²) in [5, 5.41) is 0. The summed E-state index contributed by atoms with van der Waals surface area (Å²) in [6.45, 7) is 8.59. The highest BCUT2D eigenvalue weighted by molar-refractivity contribution is 5.22. The van der Waals surface area contributed by atoms with Crippen LogP contribution in [-0.4, -0.2) is 30.6 Å². The van der Waals surface area contributed by atoms with Crippen molar-refractivity contribution < 1.29 is 0 Å². The van der Waals surface area contributed by atoms with Crippen molar-refractivity contribution >= 4 is 0 Å². The molecule has 0 aliphatic rings. The highest BCUT2D eigenvalue weighted by atomic mass is 15.1. The third kappa shape index (κ3) is 6.77. The predicted octanol–water partition coefficient (Wildman–Crippen LogP) is 2.99. The Bertz CT molecular complexity index is 352. The largest absolute Gasteiger partial charge is 0.326 e. The molecule has 0 bridgehead atoms. The van der Waals surface area contributed by atoms with E-state index in [4.69, 9.17) is 5.73 Å². The molecule has 0 fully saturated rings. The molecule has 0 atom stereocenters. The van der Waals surface area contributed by atoms with Crippen molar-refractivity contribution in [1.82, 2.24) is 4.90 Å². The Kier molecular flexibility index (Phi) is 5.83. The molecule has 0 spiro atoms. The maximum Gasteiger partial charge on any atom is 0.00975 e. The summed E-state index contributed by atoms with van der Waals surface area (Å²) in [4.78, 5) is 2.40. The van der Waals surface area contributed by atoms with Gasteiger partial charge in [-0.1, -0.05) is 29.8 Å². The van der Waals surface area contributed by atoms with Crippen LogP contribution in [0.2, 0.25) is 0 Å². The lowest BCUT2D eigenvalue weighted by Gasteiger charge is -2.21. The first-order valence-corrected chi connectivity index (χ1v) is 6.90. The van der Waals surface area contributed by atoms with E-state index in [1.165, 1.54) is 17.5 Å². The van der Waals surface area contributed by atoms with Gasteiger partial charge in [-0.3, -0.25) is 0 Å². The van der Waals surface area contributed by atoms with E-state index in [-0.39, 0.29) is 5.54 Å². The highest BCUT2D eigenvalue weighted by Crippen LogP contribution is 2.08. The lowest BCUT2D eigenvalue weighted by molar-refractivity contribution is 0.313. The van der Waals surface area contributed by atoms with Crippen LogP contribution in [-0.2, 0) is 6.42 Å². The fourth-order valence-corrected chi connectivity index (χ4v) is 2.10. The number of benzene rings is 1. The van der Waals surface area contributed by atoms with Crippen LogP contribution >= 0.6 is 0 Å². The van der Waals surface area contributed by atoms with Crippen LogP contribution in [0, 0.1) is 6.92 Å². The summed E-state index contributed by atoms with van der Waals surface area (Å²) in [5.41, 5.74) is 8.73. The smallest absolute Gasteiger partial charge is 0.00975 e. The summed E-state index contributed by atoms with van der Waals surface area (Å²) >= 11 is 0. The quantitative estimate of drug-likeness (QED) is 0.804. The van der Waals surface area contributed by atoms with Crippen LogP contribution < -0.4 is 5.73 Å². The first kappa shape index (κ1) is 15.2. The average molecular weight is 248 g/mol. The molecule has 0 aliphatic carbocycles. The lowest BCUT2D eigenvalue weighted by atomic mass is 10.00. The zero-order valence-electron chi connectivity index (χ0n) is 12.4. The van der Waals surface area contributed by atoms with Gasteiger partial charge in [-0.15, -0.1) is 0 Å². The molecule has 1 rings (SSSR count). The normalized spacial score (nSPS) is 12.1. The van der Waals surface area contributed by atoms with Crippen molar-refractivity contribution in [3.05, 3.63) is 35.4 Å². The van der Waals surface area contributed by atoms with Crippen molar-refractivity contribution in [2.75, 3.05) is 20.1 Å². The van der Waals surface area contributed by atoms with E-state index in [0.717, 1.165) is 25.9 Å². The Hall–Kier alpha value is -0.860. The van der Waals surface area contributed by atoms with Gasteiger partial charge in [0, 0.05) is 12.1 Å². The molecule has 0 heterocycles.